The third-order valence-corrected chi connectivity index (χ3v) is 5.51. The van der Waals surface area contributed by atoms with Crippen LogP contribution in [0.3, 0.4) is 0 Å². The minimum atomic E-state index is 0.562. The van der Waals surface area contributed by atoms with Gasteiger partial charge in [0.15, 0.2) is 0 Å². The molecule has 3 aromatic rings. The molecule has 26 heavy (non-hydrogen) atoms. The predicted octanol–water partition coefficient (Wildman–Crippen LogP) is 5.78. The van der Waals surface area contributed by atoms with Crippen molar-refractivity contribution in [1.82, 2.24) is 9.97 Å². The molecule has 4 rings (SSSR count). The molecule has 3 heterocycles. The van der Waals surface area contributed by atoms with E-state index in [1.807, 2.05) is 54.6 Å². The lowest BCUT2D eigenvalue weighted by molar-refractivity contribution is 0.607. The number of pyridine rings is 2. The van der Waals surface area contributed by atoms with Gasteiger partial charge in [-0.15, -0.1) is 0 Å². The summed E-state index contributed by atoms with van der Waals surface area (Å²) in [5.41, 5.74) is 1.47. The number of rotatable bonds is 5. The number of nitrogens with one attached hydrogen (secondary N) is 1. The quantitative estimate of drug-likeness (QED) is 0.547. The maximum Gasteiger partial charge on any atom is 0.136 e. The molecule has 4 nitrogen and oxygen atoms in total. The number of hydrogen-bond acceptors (Lipinski definition) is 5. The van der Waals surface area contributed by atoms with E-state index in [-0.39, 0.29) is 0 Å². The van der Waals surface area contributed by atoms with Gasteiger partial charge in [0.2, 0.25) is 0 Å². The summed E-state index contributed by atoms with van der Waals surface area (Å²) in [6, 6.07) is 17.2. The molecule has 0 aliphatic carbocycles. The highest BCUT2D eigenvalue weighted by atomic mass is 35.5. The molecule has 0 unspecified atom stereocenters. The molecule has 0 spiro atoms. The van der Waals surface area contributed by atoms with Crippen LogP contribution in [0.25, 0.3) is 11.3 Å². The summed E-state index contributed by atoms with van der Waals surface area (Å²) in [6.45, 7) is 2.16. The first-order valence-corrected chi connectivity index (χ1v) is 9.84. The minimum absolute atomic E-state index is 0.562. The molecule has 1 saturated heterocycles. The van der Waals surface area contributed by atoms with E-state index < -0.39 is 0 Å². The van der Waals surface area contributed by atoms with Gasteiger partial charge in [-0.2, -0.15) is 0 Å². The average Bonchev–Trinajstić information content (AvgIpc) is 2.61. The molecule has 0 atom stereocenters. The minimum Gasteiger partial charge on any atom is -0.356 e. The predicted molar refractivity (Wildman–Crippen MR) is 110 cm³/mol. The van der Waals surface area contributed by atoms with E-state index in [4.69, 9.17) is 23.2 Å². The summed E-state index contributed by atoms with van der Waals surface area (Å²) in [7, 11) is 0. The maximum atomic E-state index is 6.32. The van der Waals surface area contributed by atoms with E-state index in [1.165, 1.54) is 18.4 Å². The molecule has 0 bridgehead atoms. The third-order valence-electron chi connectivity index (χ3n) is 4.12. The van der Waals surface area contributed by atoms with E-state index in [0.29, 0.717) is 21.6 Å². The molecule has 132 valence electrons. The van der Waals surface area contributed by atoms with E-state index in [0.717, 1.165) is 29.5 Å². The Labute approximate surface area is 166 Å². The summed E-state index contributed by atoms with van der Waals surface area (Å²) in [6.07, 6.45) is 1.23. The molecular weight excluding hydrogens is 387 g/mol. The first-order chi connectivity index (χ1) is 12.7. The Balaban J connectivity index is 1.52. The van der Waals surface area contributed by atoms with E-state index >= 15 is 0 Å². The van der Waals surface area contributed by atoms with Crippen LogP contribution in [0.4, 0.5) is 11.6 Å². The van der Waals surface area contributed by atoms with Crippen LogP contribution in [0, 0.1) is 0 Å². The van der Waals surface area contributed by atoms with Gasteiger partial charge in [0, 0.05) is 30.6 Å². The van der Waals surface area contributed by atoms with Crippen LogP contribution in [0.1, 0.15) is 6.42 Å². The van der Waals surface area contributed by atoms with E-state index in [2.05, 4.69) is 19.6 Å². The van der Waals surface area contributed by atoms with Crippen molar-refractivity contribution >= 4 is 46.8 Å². The SMILES string of the molecule is Clc1ccccc1-c1nc(NSc2cccc(N3CCC3)n2)ccc1Cl. The number of benzene rings is 1. The molecule has 1 aliphatic rings. The first kappa shape index (κ1) is 17.5. The van der Waals surface area contributed by atoms with Crippen molar-refractivity contribution in [2.75, 3.05) is 22.7 Å². The largest absolute Gasteiger partial charge is 0.356 e. The first-order valence-electron chi connectivity index (χ1n) is 8.27. The van der Waals surface area contributed by atoms with Gasteiger partial charge in [0.25, 0.3) is 0 Å². The summed E-state index contributed by atoms with van der Waals surface area (Å²) >= 11 is 14.0. The maximum absolute atomic E-state index is 6.32. The number of nitrogens with zero attached hydrogens (tertiary/aromatic N) is 3. The molecule has 0 saturated carbocycles. The van der Waals surface area contributed by atoms with Crippen molar-refractivity contribution in [3.8, 4) is 11.3 Å². The molecule has 1 aromatic carbocycles. The molecule has 0 amide bonds. The van der Waals surface area contributed by atoms with Gasteiger partial charge >= 0.3 is 0 Å². The lowest BCUT2D eigenvalue weighted by atomic mass is 10.1. The summed E-state index contributed by atoms with van der Waals surface area (Å²) in [5, 5.41) is 2.08. The van der Waals surface area contributed by atoms with Crippen LogP contribution in [0.2, 0.25) is 10.0 Å². The molecule has 1 aliphatic heterocycles. The second-order valence-electron chi connectivity index (χ2n) is 5.89. The molecule has 7 heteroatoms. The Hall–Kier alpha value is -1.95. The fourth-order valence-corrected chi connectivity index (χ4v) is 3.67. The van der Waals surface area contributed by atoms with Crippen LogP contribution in [0.5, 0.6) is 0 Å². The highest BCUT2D eigenvalue weighted by molar-refractivity contribution is 8.00. The fourth-order valence-electron chi connectivity index (χ4n) is 2.63. The molecule has 1 N–H and O–H groups in total. The van der Waals surface area contributed by atoms with Crippen molar-refractivity contribution in [3.63, 3.8) is 0 Å². The monoisotopic (exact) mass is 402 g/mol. The highest BCUT2D eigenvalue weighted by Crippen LogP contribution is 2.33. The van der Waals surface area contributed by atoms with Gasteiger partial charge in [0.05, 0.1) is 15.7 Å². The normalized spacial score (nSPS) is 13.4. The number of anilines is 2. The zero-order chi connectivity index (χ0) is 17.9. The van der Waals surface area contributed by atoms with Crippen LogP contribution in [-0.4, -0.2) is 23.1 Å². The van der Waals surface area contributed by atoms with Crippen molar-refractivity contribution in [2.24, 2.45) is 0 Å². The number of halogens is 2. The van der Waals surface area contributed by atoms with Gasteiger partial charge in [-0.3, -0.25) is 0 Å². The molecular formula is C19H16Cl2N4S. The average molecular weight is 403 g/mol. The number of aromatic nitrogens is 2. The van der Waals surface area contributed by atoms with Crippen molar-refractivity contribution in [1.29, 1.82) is 0 Å². The van der Waals surface area contributed by atoms with E-state index in [9.17, 15) is 0 Å². The summed E-state index contributed by atoms with van der Waals surface area (Å²) in [5.74, 6) is 1.72. The Morgan fingerprint density at radius 3 is 2.50 bits per heavy atom. The molecule has 2 aromatic heterocycles. The van der Waals surface area contributed by atoms with Crippen LogP contribution in [-0.2, 0) is 0 Å². The Morgan fingerprint density at radius 1 is 0.885 bits per heavy atom. The van der Waals surface area contributed by atoms with Gasteiger partial charge in [-0.1, -0.05) is 47.5 Å². The third kappa shape index (κ3) is 3.75. The van der Waals surface area contributed by atoms with E-state index in [1.54, 1.807) is 0 Å². The van der Waals surface area contributed by atoms with Gasteiger partial charge < -0.3 is 9.62 Å². The Bertz CT molecular complexity index is 931. The second-order valence-corrected chi connectivity index (χ2v) is 7.53. The lowest BCUT2D eigenvalue weighted by Gasteiger charge is -2.32. The zero-order valence-electron chi connectivity index (χ0n) is 13.8. The van der Waals surface area contributed by atoms with Gasteiger partial charge in [-0.25, -0.2) is 9.97 Å². The molecule has 0 radical (unpaired) electrons. The fraction of sp³-hybridized carbons (Fsp3) is 0.158. The standard InChI is InChI=1S/C19H16Cl2N4S/c20-14-6-2-1-5-13(14)19-15(21)9-10-16(22-19)24-26-18-8-3-7-17(23-18)25-11-4-12-25/h1-3,5-10H,4,11-12H2,(H,22,24). The molecule has 1 fully saturated rings. The van der Waals surface area contributed by atoms with Crippen LogP contribution >= 0.6 is 35.1 Å². The van der Waals surface area contributed by atoms with Crippen molar-refractivity contribution in [2.45, 2.75) is 11.4 Å². The zero-order valence-corrected chi connectivity index (χ0v) is 16.2. The topological polar surface area (TPSA) is 41.1 Å². The second kappa shape index (κ2) is 7.74. The lowest BCUT2D eigenvalue weighted by Crippen LogP contribution is -2.37. The Morgan fingerprint density at radius 2 is 1.73 bits per heavy atom. The Kier molecular flexibility index (Phi) is 5.20. The van der Waals surface area contributed by atoms with Crippen LogP contribution < -0.4 is 9.62 Å². The van der Waals surface area contributed by atoms with Crippen LogP contribution in [0.15, 0.2) is 59.6 Å². The summed E-state index contributed by atoms with van der Waals surface area (Å²) in [4.78, 5) is 11.6. The smallest absolute Gasteiger partial charge is 0.136 e. The highest BCUT2D eigenvalue weighted by Gasteiger charge is 2.16. The van der Waals surface area contributed by atoms with Crippen molar-refractivity contribution in [3.05, 3.63) is 64.6 Å². The van der Waals surface area contributed by atoms with Gasteiger partial charge in [0.1, 0.15) is 16.7 Å². The number of hydrogen-bond donors (Lipinski definition) is 1. The summed E-state index contributed by atoms with van der Waals surface area (Å²) < 4.78 is 3.24. The van der Waals surface area contributed by atoms with Crippen molar-refractivity contribution < 1.29 is 0 Å². The van der Waals surface area contributed by atoms with Gasteiger partial charge in [-0.05, 0) is 36.8 Å².